The van der Waals surface area contributed by atoms with E-state index in [-0.39, 0.29) is 5.75 Å². The van der Waals surface area contributed by atoms with Crippen molar-refractivity contribution in [1.29, 1.82) is 0 Å². The fraction of sp³-hybridized carbons (Fsp3) is 0.0476. The van der Waals surface area contributed by atoms with Gasteiger partial charge in [0, 0.05) is 0 Å². The summed E-state index contributed by atoms with van der Waals surface area (Å²) in [6, 6.07) is 19.0. The second kappa shape index (κ2) is 6.13. The fourth-order valence-electron chi connectivity index (χ4n) is 3.27. The molecule has 4 rings (SSSR count). The van der Waals surface area contributed by atoms with Crippen LogP contribution in [0.4, 0.5) is 13.2 Å². The lowest BCUT2D eigenvalue weighted by molar-refractivity contribution is 0.241. The summed E-state index contributed by atoms with van der Waals surface area (Å²) in [6.45, 7) is 0. The minimum atomic E-state index is -2.47. The van der Waals surface area contributed by atoms with Crippen molar-refractivity contribution in [3.05, 3.63) is 90.0 Å². The highest BCUT2D eigenvalue weighted by molar-refractivity contribution is 5.90. The zero-order valence-electron chi connectivity index (χ0n) is 13.1. The summed E-state index contributed by atoms with van der Waals surface area (Å²) in [4.78, 5) is 0. The summed E-state index contributed by atoms with van der Waals surface area (Å²) in [5.41, 5.74) is 6.92. The molecule has 0 amide bonds. The van der Waals surface area contributed by atoms with Crippen molar-refractivity contribution in [2.75, 3.05) is 0 Å². The molecule has 0 saturated carbocycles. The Hall–Kier alpha value is -3.01. The van der Waals surface area contributed by atoms with E-state index in [1.165, 1.54) is 34.4 Å². The fourth-order valence-corrected chi connectivity index (χ4v) is 3.27. The van der Waals surface area contributed by atoms with E-state index < -0.39 is 12.1 Å². The van der Waals surface area contributed by atoms with E-state index in [1.54, 1.807) is 12.1 Å². The largest absolute Gasteiger partial charge is 0.428 e. The topological polar surface area (TPSA) is 9.23 Å². The number of rotatable bonds is 3. The molecule has 25 heavy (non-hydrogen) atoms. The first kappa shape index (κ1) is 15.5. The molecule has 1 nitrogen and oxygen atoms in total. The molecule has 0 aliphatic heterocycles. The van der Waals surface area contributed by atoms with Gasteiger partial charge in [0.15, 0.2) is 0 Å². The first-order valence-corrected chi connectivity index (χ1v) is 7.83. The number of halogens is 3. The summed E-state index contributed by atoms with van der Waals surface area (Å²) in [7, 11) is 0. The van der Waals surface area contributed by atoms with E-state index in [4.69, 9.17) is 0 Å². The molecule has 0 spiro atoms. The Labute approximate surface area is 143 Å². The van der Waals surface area contributed by atoms with Gasteiger partial charge in [-0.15, -0.1) is 0 Å². The zero-order chi connectivity index (χ0) is 17.4. The Morgan fingerprint density at radius 2 is 1.40 bits per heavy atom. The van der Waals surface area contributed by atoms with Crippen LogP contribution in [0.1, 0.15) is 11.1 Å². The molecule has 124 valence electrons. The molecule has 3 aromatic carbocycles. The molecule has 0 saturated heterocycles. The molecular weight excluding hydrogens is 325 g/mol. The SMILES string of the molecule is FC(F)=C(F)Oc1ccc(-c2cccc3c2-c2ccccc2C3)cc1. The van der Waals surface area contributed by atoms with Crippen molar-refractivity contribution in [3.63, 3.8) is 0 Å². The van der Waals surface area contributed by atoms with Crippen LogP contribution < -0.4 is 4.74 Å². The predicted octanol–water partition coefficient (Wildman–Crippen LogP) is 6.34. The van der Waals surface area contributed by atoms with Gasteiger partial charge in [0.25, 0.3) is 0 Å². The van der Waals surface area contributed by atoms with Crippen LogP contribution in [0.25, 0.3) is 22.3 Å². The summed E-state index contributed by atoms with van der Waals surface area (Å²) in [5.74, 6) is 0.0297. The maximum atomic E-state index is 12.9. The minimum absolute atomic E-state index is 0.0297. The number of hydrogen-bond acceptors (Lipinski definition) is 1. The van der Waals surface area contributed by atoms with Gasteiger partial charge in [-0.25, -0.2) is 0 Å². The summed E-state index contributed by atoms with van der Waals surface area (Å²) in [6.07, 6.45) is -1.58. The van der Waals surface area contributed by atoms with Crippen LogP contribution in [0.2, 0.25) is 0 Å². The molecule has 1 aliphatic rings. The molecule has 3 aromatic rings. The second-order valence-corrected chi connectivity index (χ2v) is 5.83. The van der Waals surface area contributed by atoms with Crippen LogP contribution in [0.3, 0.4) is 0 Å². The molecule has 0 unspecified atom stereocenters. The van der Waals surface area contributed by atoms with Crippen LogP contribution in [-0.4, -0.2) is 0 Å². The van der Waals surface area contributed by atoms with Gasteiger partial charge in [-0.05, 0) is 51.9 Å². The molecular formula is C21H13F3O. The van der Waals surface area contributed by atoms with Crippen LogP contribution in [-0.2, 0) is 6.42 Å². The smallest absolute Gasteiger partial charge is 0.344 e. The predicted molar refractivity (Wildman–Crippen MR) is 91.1 cm³/mol. The molecule has 0 heterocycles. The lowest BCUT2D eigenvalue weighted by Crippen LogP contribution is -1.91. The van der Waals surface area contributed by atoms with Gasteiger partial charge >= 0.3 is 12.1 Å². The quantitative estimate of drug-likeness (QED) is 0.396. The highest BCUT2D eigenvalue weighted by Crippen LogP contribution is 2.43. The molecule has 0 aromatic heterocycles. The van der Waals surface area contributed by atoms with Gasteiger partial charge in [0.1, 0.15) is 5.75 Å². The van der Waals surface area contributed by atoms with E-state index in [2.05, 4.69) is 22.9 Å². The number of hydrogen-bond donors (Lipinski definition) is 0. The van der Waals surface area contributed by atoms with Gasteiger partial charge in [-0.1, -0.05) is 54.6 Å². The van der Waals surface area contributed by atoms with E-state index in [1.807, 2.05) is 24.3 Å². The average molecular weight is 338 g/mol. The Bertz CT molecular complexity index is 971. The molecule has 0 radical (unpaired) electrons. The average Bonchev–Trinajstić information content (AvgIpc) is 3.01. The van der Waals surface area contributed by atoms with E-state index in [0.717, 1.165) is 17.5 Å². The maximum Gasteiger partial charge on any atom is 0.344 e. The molecule has 0 atom stereocenters. The van der Waals surface area contributed by atoms with E-state index in [9.17, 15) is 13.2 Å². The van der Waals surface area contributed by atoms with Gasteiger partial charge in [-0.2, -0.15) is 13.2 Å². The van der Waals surface area contributed by atoms with Crippen molar-refractivity contribution in [1.82, 2.24) is 0 Å². The third kappa shape index (κ3) is 2.80. The number of benzene rings is 3. The van der Waals surface area contributed by atoms with Crippen molar-refractivity contribution >= 4 is 0 Å². The minimum Gasteiger partial charge on any atom is -0.428 e. The van der Waals surface area contributed by atoms with Crippen LogP contribution >= 0.6 is 0 Å². The Kier molecular flexibility index (Phi) is 3.80. The van der Waals surface area contributed by atoms with Gasteiger partial charge < -0.3 is 4.74 Å². The monoisotopic (exact) mass is 338 g/mol. The van der Waals surface area contributed by atoms with Crippen molar-refractivity contribution in [2.45, 2.75) is 6.42 Å². The summed E-state index contributed by atoms with van der Waals surface area (Å²) in [5, 5.41) is 0. The molecule has 0 N–H and O–H groups in total. The van der Waals surface area contributed by atoms with Gasteiger partial charge in [0.05, 0.1) is 0 Å². The first-order chi connectivity index (χ1) is 12.1. The number of fused-ring (bicyclic) bond motifs is 3. The third-order valence-electron chi connectivity index (χ3n) is 4.34. The van der Waals surface area contributed by atoms with Gasteiger partial charge in [-0.3, -0.25) is 0 Å². The van der Waals surface area contributed by atoms with Gasteiger partial charge in [0.2, 0.25) is 0 Å². The zero-order valence-corrected chi connectivity index (χ0v) is 13.1. The van der Waals surface area contributed by atoms with E-state index >= 15 is 0 Å². The Balaban J connectivity index is 1.73. The van der Waals surface area contributed by atoms with Crippen molar-refractivity contribution < 1.29 is 17.9 Å². The van der Waals surface area contributed by atoms with Crippen molar-refractivity contribution in [2.24, 2.45) is 0 Å². The summed E-state index contributed by atoms with van der Waals surface area (Å²) >= 11 is 0. The lowest BCUT2D eigenvalue weighted by Gasteiger charge is -2.11. The van der Waals surface area contributed by atoms with E-state index in [0.29, 0.717) is 0 Å². The highest BCUT2D eigenvalue weighted by Gasteiger charge is 2.21. The van der Waals surface area contributed by atoms with Crippen molar-refractivity contribution in [3.8, 4) is 28.0 Å². The van der Waals surface area contributed by atoms with Crippen LogP contribution in [0.5, 0.6) is 5.75 Å². The van der Waals surface area contributed by atoms with Crippen LogP contribution in [0, 0.1) is 0 Å². The molecule has 0 bridgehead atoms. The maximum absolute atomic E-state index is 12.9. The normalized spacial score (nSPS) is 11.6. The Morgan fingerprint density at radius 1 is 0.720 bits per heavy atom. The molecule has 0 fully saturated rings. The Morgan fingerprint density at radius 3 is 2.16 bits per heavy atom. The summed E-state index contributed by atoms with van der Waals surface area (Å²) < 4.78 is 41.6. The first-order valence-electron chi connectivity index (χ1n) is 7.83. The van der Waals surface area contributed by atoms with Crippen LogP contribution in [0.15, 0.2) is 78.8 Å². The number of ether oxygens (including phenoxy) is 1. The standard InChI is InChI=1S/C21H13F3O/c22-20(23)21(24)25-16-10-8-13(9-11-16)17-7-3-5-15-12-14-4-1-2-6-18(14)19(15)17/h1-11H,12H2. The third-order valence-corrected chi connectivity index (χ3v) is 4.34. The highest BCUT2D eigenvalue weighted by atomic mass is 19.3. The second-order valence-electron chi connectivity index (χ2n) is 5.83. The molecule has 1 aliphatic carbocycles. The molecule has 4 heteroatoms. The lowest BCUT2D eigenvalue weighted by atomic mass is 9.94.